The third-order valence-corrected chi connectivity index (χ3v) is 9.73. The number of rotatable bonds is 12. The molecule has 278 valence electrons. The molecule has 2 aromatic carbocycles. The highest BCUT2D eigenvalue weighted by molar-refractivity contribution is 6.38. The number of aliphatic imine (C=N–C) groups is 1. The Morgan fingerprint density at radius 2 is 1.87 bits per heavy atom. The second-order valence-corrected chi connectivity index (χ2v) is 14.0. The largest absolute Gasteiger partial charge is 0.453 e. The molecule has 1 saturated carbocycles. The van der Waals surface area contributed by atoms with Gasteiger partial charge >= 0.3 is 6.09 Å². The molecule has 3 unspecified atom stereocenters. The molecule has 3 atom stereocenters. The molecule has 0 spiro atoms. The molecule has 1 aliphatic carbocycles. The highest BCUT2D eigenvalue weighted by Crippen LogP contribution is 2.28. The van der Waals surface area contributed by atoms with E-state index in [0.717, 1.165) is 72.4 Å². The lowest BCUT2D eigenvalue weighted by Gasteiger charge is -2.29. The summed E-state index contributed by atoms with van der Waals surface area (Å²) in [7, 11) is 1.33. The predicted octanol–water partition coefficient (Wildman–Crippen LogP) is 5.39. The minimum Gasteiger partial charge on any atom is -0.453 e. The molecule has 1 amide bonds. The van der Waals surface area contributed by atoms with Gasteiger partial charge in [-0.2, -0.15) is 5.10 Å². The van der Waals surface area contributed by atoms with Crippen LogP contribution in [0, 0.1) is 36.5 Å². The van der Waals surface area contributed by atoms with Crippen molar-refractivity contribution in [2.24, 2.45) is 16.0 Å². The Labute approximate surface area is 313 Å². The molecule has 3 aliphatic rings. The molecule has 3 aromatic rings. The highest BCUT2D eigenvalue weighted by Gasteiger charge is 2.24. The summed E-state index contributed by atoms with van der Waals surface area (Å²) >= 11 is 0. The number of aromatic nitrogens is 3. The summed E-state index contributed by atoms with van der Waals surface area (Å²) in [6, 6.07) is 12.7. The van der Waals surface area contributed by atoms with Crippen molar-refractivity contribution >= 4 is 18.0 Å². The zero-order valence-corrected chi connectivity index (χ0v) is 31.2. The first kappa shape index (κ1) is 37.8. The summed E-state index contributed by atoms with van der Waals surface area (Å²) in [5, 5.41) is 16.5. The fraction of sp³-hybridized carbons (Fsp3) is 0.500. The maximum Gasteiger partial charge on any atom is 0.407 e. The van der Waals surface area contributed by atoms with Crippen LogP contribution in [0.4, 0.5) is 4.79 Å². The number of alkyl carbamates (subject to hydrolysis) is 1. The number of benzene rings is 2. The molecular formula is C42H51N7O4. The number of ether oxygens (including phenoxy) is 3. The van der Waals surface area contributed by atoms with Crippen LogP contribution in [-0.4, -0.2) is 84.7 Å². The van der Waals surface area contributed by atoms with Gasteiger partial charge in [0, 0.05) is 60.7 Å². The molecule has 3 heterocycles. The molecule has 2 saturated heterocycles. The normalized spacial score (nSPS) is 20.2. The van der Waals surface area contributed by atoms with Crippen molar-refractivity contribution in [3.05, 3.63) is 81.7 Å². The van der Waals surface area contributed by atoms with Crippen molar-refractivity contribution in [1.29, 1.82) is 0 Å². The SMILES string of the molecule is CCc1cc(C#CCNC(=O)OC)ccc1/C(C=NCC1CCCCO1)=N/NC1CCOC(Cn2cc(Cc3cc(C#CC4CC4)ccc3C)nn2)C1. The van der Waals surface area contributed by atoms with Crippen molar-refractivity contribution in [2.75, 3.05) is 33.4 Å². The van der Waals surface area contributed by atoms with Crippen LogP contribution in [0.1, 0.15) is 90.9 Å². The zero-order chi connectivity index (χ0) is 36.8. The van der Waals surface area contributed by atoms with E-state index in [1.165, 1.54) is 37.5 Å². The Morgan fingerprint density at radius 3 is 2.68 bits per heavy atom. The maximum atomic E-state index is 11.4. The van der Waals surface area contributed by atoms with Crippen LogP contribution >= 0.6 is 0 Å². The standard InChI is InChI=1S/C42H51N7O4/c1-4-34-22-32(8-7-19-44-42(50)51-3)16-17-40(34)41(27-43-26-38-9-5-6-20-52-38)47-45-36-18-21-53-39(25-36)29-49-28-37(46-48-49)24-35-23-33(11-10-30(35)2)15-14-31-12-13-31/h10-11,16-17,22-23,27-28,31,36,38-39,45H,4-6,9,12-13,18-21,24-26,29H2,1-3H3,(H,44,50)/b43-27?,47-41+. The fourth-order valence-corrected chi connectivity index (χ4v) is 6.47. The highest BCUT2D eigenvalue weighted by atomic mass is 16.5. The van der Waals surface area contributed by atoms with Gasteiger partial charge in [-0.25, -0.2) is 9.48 Å². The second kappa shape index (κ2) is 19.2. The van der Waals surface area contributed by atoms with E-state index in [0.29, 0.717) is 32.0 Å². The Morgan fingerprint density at radius 1 is 1.04 bits per heavy atom. The minimum absolute atomic E-state index is 0.0212. The number of hydrogen-bond acceptors (Lipinski definition) is 9. The van der Waals surface area contributed by atoms with Gasteiger partial charge in [0.15, 0.2) is 0 Å². The van der Waals surface area contributed by atoms with E-state index < -0.39 is 6.09 Å². The first-order valence-corrected chi connectivity index (χ1v) is 19.0. The molecular weight excluding hydrogens is 667 g/mol. The van der Waals surface area contributed by atoms with Crippen molar-refractivity contribution in [3.8, 4) is 23.7 Å². The monoisotopic (exact) mass is 717 g/mol. The van der Waals surface area contributed by atoms with E-state index in [4.69, 9.17) is 19.6 Å². The summed E-state index contributed by atoms with van der Waals surface area (Å²) in [6.07, 6.45) is 12.4. The summed E-state index contributed by atoms with van der Waals surface area (Å²) in [6.45, 7) is 7.11. The summed E-state index contributed by atoms with van der Waals surface area (Å²) < 4.78 is 18.6. The Kier molecular flexibility index (Phi) is 13.7. The molecule has 11 nitrogen and oxygen atoms in total. The van der Waals surface area contributed by atoms with E-state index in [1.807, 2.05) is 23.2 Å². The molecule has 6 rings (SSSR count). The third kappa shape index (κ3) is 11.8. The maximum absolute atomic E-state index is 11.4. The number of carbonyl (C=O) groups is 1. The Balaban J connectivity index is 1.10. The number of nitrogens with zero attached hydrogens (tertiary/aromatic N) is 5. The van der Waals surface area contributed by atoms with Gasteiger partial charge in [-0.15, -0.1) is 5.10 Å². The van der Waals surface area contributed by atoms with Crippen LogP contribution in [0.5, 0.6) is 0 Å². The molecule has 2 aliphatic heterocycles. The summed E-state index contributed by atoms with van der Waals surface area (Å²) in [5.74, 6) is 13.4. The van der Waals surface area contributed by atoms with Crippen LogP contribution in [-0.2, 0) is 33.6 Å². The van der Waals surface area contributed by atoms with E-state index in [-0.39, 0.29) is 24.8 Å². The lowest BCUT2D eigenvalue weighted by Crippen LogP contribution is -2.39. The van der Waals surface area contributed by atoms with Gasteiger partial charge in [0.25, 0.3) is 0 Å². The van der Waals surface area contributed by atoms with Gasteiger partial charge in [-0.1, -0.05) is 48.0 Å². The molecule has 11 heteroatoms. The molecule has 0 bridgehead atoms. The van der Waals surface area contributed by atoms with Crippen LogP contribution < -0.4 is 10.7 Å². The second-order valence-electron chi connectivity index (χ2n) is 14.0. The zero-order valence-electron chi connectivity index (χ0n) is 31.2. The average molecular weight is 718 g/mol. The predicted molar refractivity (Wildman–Crippen MR) is 206 cm³/mol. The topological polar surface area (TPSA) is 124 Å². The summed E-state index contributed by atoms with van der Waals surface area (Å²) in [4.78, 5) is 16.2. The smallest absolute Gasteiger partial charge is 0.407 e. The minimum atomic E-state index is -0.504. The fourth-order valence-electron chi connectivity index (χ4n) is 6.47. The number of hydrogen-bond donors (Lipinski definition) is 2. The number of aryl methyl sites for hydroxylation is 2. The van der Waals surface area contributed by atoms with E-state index in [9.17, 15) is 4.79 Å². The number of amides is 1. The van der Waals surface area contributed by atoms with Crippen molar-refractivity contribution in [1.82, 2.24) is 25.7 Å². The number of carbonyl (C=O) groups excluding carboxylic acids is 1. The first-order valence-electron chi connectivity index (χ1n) is 19.0. The van der Waals surface area contributed by atoms with Gasteiger partial charge < -0.3 is 25.0 Å². The van der Waals surface area contributed by atoms with E-state index in [1.54, 1.807) is 0 Å². The van der Waals surface area contributed by atoms with Crippen LogP contribution in [0.15, 0.2) is 52.7 Å². The van der Waals surface area contributed by atoms with Gasteiger partial charge in [0.05, 0.1) is 44.6 Å². The van der Waals surface area contributed by atoms with E-state index in [2.05, 4.69) is 93.7 Å². The number of hydrazone groups is 1. The molecule has 1 aromatic heterocycles. The van der Waals surface area contributed by atoms with Gasteiger partial charge in [-0.05, 0) is 99.2 Å². The van der Waals surface area contributed by atoms with Crippen LogP contribution in [0.25, 0.3) is 0 Å². The average Bonchev–Trinajstić information content (AvgIpc) is 3.92. The van der Waals surface area contributed by atoms with E-state index >= 15 is 0 Å². The molecule has 53 heavy (non-hydrogen) atoms. The first-order chi connectivity index (χ1) is 25.9. The molecule has 3 fully saturated rings. The summed E-state index contributed by atoms with van der Waals surface area (Å²) in [5.41, 5.74) is 11.7. The van der Waals surface area contributed by atoms with Crippen molar-refractivity contribution in [3.63, 3.8) is 0 Å². The Bertz CT molecular complexity index is 1890. The van der Waals surface area contributed by atoms with Crippen molar-refractivity contribution < 1.29 is 19.0 Å². The van der Waals surface area contributed by atoms with Crippen LogP contribution in [0.3, 0.4) is 0 Å². The van der Waals surface area contributed by atoms with Gasteiger partial charge in [0.1, 0.15) is 5.71 Å². The number of methoxy groups -OCH3 is 1. The lowest BCUT2D eigenvalue weighted by molar-refractivity contribution is -0.00960. The Hall–Kier alpha value is -4.97. The lowest BCUT2D eigenvalue weighted by atomic mass is 9.98. The van der Waals surface area contributed by atoms with Crippen molar-refractivity contribution in [2.45, 2.75) is 96.4 Å². The van der Waals surface area contributed by atoms with Crippen LogP contribution in [0.2, 0.25) is 0 Å². The van der Waals surface area contributed by atoms with Gasteiger partial charge in [-0.3, -0.25) is 4.99 Å². The van der Waals surface area contributed by atoms with Gasteiger partial charge in [0.2, 0.25) is 0 Å². The molecule has 0 radical (unpaired) electrons. The number of nitrogens with one attached hydrogen (secondary N) is 2. The molecule has 2 N–H and O–H groups in total. The quantitative estimate of drug-likeness (QED) is 0.146. The third-order valence-electron chi connectivity index (χ3n) is 9.73.